The monoisotopic (exact) mass is 528 g/mol. The average molecular weight is 529 g/mol. The molecule has 0 saturated heterocycles. The summed E-state index contributed by atoms with van der Waals surface area (Å²) in [6.07, 6.45) is 0.618. The Morgan fingerprint density at radius 1 is 1.05 bits per heavy atom. The van der Waals surface area contributed by atoms with Gasteiger partial charge in [-0.15, -0.1) is 10.2 Å². The zero-order valence-electron chi connectivity index (χ0n) is 21.5. The second-order valence-corrected chi connectivity index (χ2v) is 9.88. The second-order valence-electron chi connectivity index (χ2n) is 8.95. The number of carbonyl (C=O) groups excluding carboxylic acids is 1. The number of carbonyl (C=O) groups is 1. The van der Waals surface area contributed by atoms with Crippen LogP contribution in [0.2, 0.25) is 0 Å². The van der Waals surface area contributed by atoms with E-state index in [1.165, 1.54) is 11.8 Å². The quantitative estimate of drug-likeness (QED) is 0.256. The summed E-state index contributed by atoms with van der Waals surface area (Å²) in [5.41, 5.74) is 5.00. The molecule has 9 heteroatoms. The van der Waals surface area contributed by atoms with E-state index < -0.39 is 0 Å². The number of nitrogens with zero attached hydrogens (tertiary/aromatic N) is 4. The Labute approximate surface area is 225 Å². The second kappa shape index (κ2) is 11.5. The molecule has 38 heavy (non-hydrogen) atoms. The van der Waals surface area contributed by atoms with Gasteiger partial charge in [0.15, 0.2) is 6.61 Å². The number of benzene rings is 3. The summed E-state index contributed by atoms with van der Waals surface area (Å²) in [5, 5.41) is 14.7. The van der Waals surface area contributed by atoms with Crippen LogP contribution in [0.25, 0.3) is 0 Å². The van der Waals surface area contributed by atoms with Gasteiger partial charge in [0.1, 0.15) is 11.5 Å². The molecule has 0 aliphatic carbocycles. The van der Waals surface area contributed by atoms with Crippen LogP contribution in [0, 0.1) is 13.8 Å². The van der Waals surface area contributed by atoms with Crippen molar-refractivity contribution in [3.63, 3.8) is 0 Å². The third kappa shape index (κ3) is 5.89. The Hall–Kier alpha value is -4.11. The van der Waals surface area contributed by atoms with Gasteiger partial charge in [0.05, 0.1) is 24.6 Å². The topological polar surface area (TPSA) is 90.1 Å². The first-order valence-electron chi connectivity index (χ1n) is 12.2. The molecule has 8 nitrogen and oxygen atoms in total. The molecule has 1 amide bonds. The van der Waals surface area contributed by atoms with Crippen LogP contribution < -0.4 is 9.47 Å². The van der Waals surface area contributed by atoms with Crippen molar-refractivity contribution < 1.29 is 18.7 Å². The van der Waals surface area contributed by atoms with Crippen molar-refractivity contribution in [1.82, 2.24) is 15.2 Å². The lowest BCUT2D eigenvalue weighted by Crippen LogP contribution is -2.28. The highest BCUT2D eigenvalue weighted by atomic mass is 32.2. The predicted octanol–water partition coefficient (Wildman–Crippen LogP) is 5.74. The van der Waals surface area contributed by atoms with Gasteiger partial charge in [-0.25, -0.2) is 5.01 Å². The molecule has 0 radical (unpaired) electrons. The largest absolute Gasteiger partial charge is 0.497 e. The Morgan fingerprint density at radius 2 is 1.84 bits per heavy atom. The number of aryl methyl sites for hydroxylation is 2. The number of hydrogen-bond donors (Lipinski definition) is 0. The highest BCUT2D eigenvalue weighted by molar-refractivity contribution is 7.99. The van der Waals surface area contributed by atoms with Gasteiger partial charge in [-0.3, -0.25) is 4.79 Å². The lowest BCUT2D eigenvalue weighted by Gasteiger charge is -2.22. The summed E-state index contributed by atoms with van der Waals surface area (Å²) in [5.74, 6) is 1.85. The fourth-order valence-corrected chi connectivity index (χ4v) is 4.81. The molecule has 2 heterocycles. The number of thioether (sulfide) groups is 1. The van der Waals surface area contributed by atoms with E-state index in [1.807, 2.05) is 86.6 Å². The number of hydrazone groups is 1. The van der Waals surface area contributed by atoms with Crippen LogP contribution in [0.4, 0.5) is 0 Å². The molecule has 0 saturated carbocycles. The minimum atomic E-state index is -0.214. The van der Waals surface area contributed by atoms with Crippen molar-refractivity contribution in [3.05, 3.63) is 101 Å². The number of hydrogen-bond acceptors (Lipinski definition) is 8. The first-order chi connectivity index (χ1) is 18.5. The Balaban J connectivity index is 1.26. The summed E-state index contributed by atoms with van der Waals surface area (Å²) in [6.45, 7) is 4.15. The molecule has 0 unspecified atom stereocenters. The first kappa shape index (κ1) is 25.5. The van der Waals surface area contributed by atoms with Gasteiger partial charge in [0.25, 0.3) is 17.0 Å². The molecule has 3 aromatic carbocycles. The smallest absolute Gasteiger partial charge is 0.277 e. The summed E-state index contributed by atoms with van der Waals surface area (Å²) >= 11 is 1.19. The van der Waals surface area contributed by atoms with Crippen molar-refractivity contribution in [2.75, 3.05) is 12.9 Å². The zero-order chi connectivity index (χ0) is 26.5. The number of rotatable bonds is 9. The van der Waals surface area contributed by atoms with Gasteiger partial charge in [-0.1, -0.05) is 66.4 Å². The molecule has 1 aromatic heterocycles. The highest BCUT2D eigenvalue weighted by Gasteiger charge is 2.33. The molecule has 0 spiro atoms. The first-order valence-corrected chi connectivity index (χ1v) is 13.2. The van der Waals surface area contributed by atoms with Gasteiger partial charge >= 0.3 is 0 Å². The summed E-state index contributed by atoms with van der Waals surface area (Å²) < 4.78 is 16.9. The van der Waals surface area contributed by atoms with Crippen LogP contribution in [0.1, 0.15) is 40.6 Å². The number of ether oxygens (including phenoxy) is 2. The van der Waals surface area contributed by atoms with E-state index >= 15 is 0 Å². The fourth-order valence-electron chi connectivity index (χ4n) is 4.18. The normalized spacial score (nSPS) is 14.9. The van der Waals surface area contributed by atoms with E-state index in [0.717, 1.165) is 39.5 Å². The zero-order valence-corrected chi connectivity index (χ0v) is 22.3. The number of methoxy groups -OCH3 is 1. The lowest BCUT2D eigenvalue weighted by molar-refractivity contribution is -0.130. The van der Waals surface area contributed by atoms with Crippen LogP contribution in [-0.4, -0.2) is 39.7 Å². The third-order valence-corrected chi connectivity index (χ3v) is 7.04. The minimum absolute atomic E-state index is 0.109. The van der Waals surface area contributed by atoms with Gasteiger partial charge in [-0.2, -0.15) is 5.10 Å². The molecule has 0 fully saturated rings. The van der Waals surface area contributed by atoms with Crippen LogP contribution >= 0.6 is 11.8 Å². The Morgan fingerprint density at radius 3 is 2.61 bits per heavy atom. The SMILES string of the molecule is COc1ccc([C@H]2CC(c3ccccc3)=NN2C(=O)CSc2nnc(COc3cc(C)ccc3C)o2)cc1. The molecule has 4 aromatic rings. The predicted molar refractivity (Wildman–Crippen MR) is 145 cm³/mol. The van der Waals surface area contributed by atoms with Crippen LogP contribution in [0.5, 0.6) is 11.5 Å². The summed E-state index contributed by atoms with van der Waals surface area (Å²) in [6, 6.07) is 23.5. The van der Waals surface area contributed by atoms with E-state index in [2.05, 4.69) is 10.2 Å². The molecule has 1 aliphatic rings. The fraction of sp³-hybridized carbons (Fsp3) is 0.241. The maximum atomic E-state index is 13.3. The molecule has 5 rings (SSSR count). The van der Waals surface area contributed by atoms with Gasteiger partial charge < -0.3 is 13.9 Å². The van der Waals surface area contributed by atoms with E-state index in [4.69, 9.17) is 19.0 Å². The van der Waals surface area contributed by atoms with E-state index in [0.29, 0.717) is 17.5 Å². The Bertz CT molecular complexity index is 1440. The summed E-state index contributed by atoms with van der Waals surface area (Å²) in [7, 11) is 1.63. The maximum Gasteiger partial charge on any atom is 0.277 e. The van der Waals surface area contributed by atoms with Crippen molar-refractivity contribution in [2.24, 2.45) is 5.10 Å². The average Bonchev–Trinajstić information content (AvgIpc) is 3.60. The molecule has 0 bridgehead atoms. The number of aromatic nitrogens is 2. The lowest BCUT2D eigenvalue weighted by atomic mass is 9.98. The van der Waals surface area contributed by atoms with E-state index in [-0.39, 0.29) is 24.3 Å². The van der Waals surface area contributed by atoms with Gasteiger partial charge in [-0.05, 0) is 54.3 Å². The van der Waals surface area contributed by atoms with Crippen LogP contribution in [0.15, 0.2) is 87.5 Å². The molecular formula is C29H28N4O4S. The van der Waals surface area contributed by atoms with E-state index in [1.54, 1.807) is 12.1 Å². The maximum absolute atomic E-state index is 13.3. The Kier molecular flexibility index (Phi) is 7.74. The third-order valence-electron chi connectivity index (χ3n) is 6.24. The van der Waals surface area contributed by atoms with Crippen molar-refractivity contribution >= 4 is 23.4 Å². The van der Waals surface area contributed by atoms with Gasteiger partial charge in [0, 0.05) is 6.42 Å². The molecular weight excluding hydrogens is 500 g/mol. The van der Waals surface area contributed by atoms with Crippen LogP contribution in [0.3, 0.4) is 0 Å². The number of amides is 1. The highest BCUT2D eigenvalue weighted by Crippen LogP contribution is 2.34. The van der Waals surface area contributed by atoms with Crippen molar-refractivity contribution in [2.45, 2.75) is 38.1 Å². The molecule has 194 valence electrons. The molecule has 1 aliphatic heterocycles. The standard InChI is InChI=1S/C29H28N4O4S/c1-19-9-10-20(2)26(15-19)36-17-27-30-31-29(37-27)38-18-28(34)33-25(22-11-13-23(35-3)14-12-22)16-24(32-33)21-7-5-4-6-8-21/h4-15,25H,16-18H2,1-3H3/t25-/m1/s1. The van der Waals surface area contributed by atoms with Crippen molar-refractivity contribution in [3.8, 4) is 11.5 Å². The summed E-state index contributed by atoms with van der Waals surface area (Å²) in [4.78, 5) is 13.3. The van der Waals surface area contributed by atoms with Crippen molar-refractivity contribution in [1.29, 1.82) is 0 Å². The molecule has 1 atom stereocenters. The minimum Gasteiger partial charge on any atom is -0.497 e. The van der Waals surface area contributed by atoms with Gasteiger partial charge in [0.2, 0.25) is 0 Å². The molecule has 0 N–H and O–H groups in total. The van der Waals surface area contributed by atoms with E-state index in [9.17, 15) is 4.79 Å². The van der Waals surface area contributed by atoms with Crippen LogP contribution in [-0.2, 0) is 11.4 Å².